The van der Waals surface area contributed by atoms with Crippen molar-refractivity contribution in [2.75, 3.05) is 6.54 Å². The first kappa shape index (κ1) is 9.33. The number of nitrogens with one attached hydrogen (secondary N) is 1. The summed E-state index contributed by atoms with van der Waals surface area (Å²) in [6.45, 7) is 3.36. The van der Waals surface area contributed by atoms with Crippen LogP contribution < -0.4 is 5.32 Å². The highest BCUT2D eigenvalue weighted by atomic mass is 15.3. The molecule has 82 valence electrons. The normalized spacial score (nSPS) is 31.8. The summed E-state index contributed by atoms with van der Waals surface area (Å²) >= 11 is 0. The molecule has 1 aliphatic heterocycles. The Morgan fingerprint density at radius 2 is 2.33 bits per heavy atom. The first-order valence-corrected chi connectivity index (χ1v) is 5.95. The van der Waals surface area contributed by atoms with E-state index in [0.717, 1.165) is 12.4 Å². The SMILES string of the molecule is CC1(c2nncn2C2CC2)CCCCN1. The Morgan fingerprint density at radius 3 is 3.00 bits per heavy atom. The lowest BCUT2D eigenvalue weighted by Gasteiger charge is -2.34. The summed E-state index contributed by atoms with van der Waals surface area (Å²) in [4.78, 5) is 0. The number of nitrogens with zero attached hydrogens (tertiary/aromatic N) is 3. The van der Waals surface area contributed by atoms with E-state index in [1.54, 1.807) is 0 Å². The molecule has 1 N–H and O–H groups in total. The molecule has 1 aromatic heterocycles. The Kier molecular flexibility index (Phi) is 2.06. The van der Waals surface area contributed by atoms with E-state index in [-0.39, 0.29) is 5.54 Å². The van der Waals surface area contributed by atoms with Crippen molar-refractivity contribution in [2.24, 2.45) is 0 Å². The van der Waals surface area contributed by atoms with Crippen molar-refractivity contribution >= 4 is 0 Å². The van der Waals surface area contributed by atoms with Gasteiger partial charge in [0.15, 0.2) is 5.82 Å². The minimum absolute atomic E-state index is 0.0529. The molecule has 2 fully saturated rings. The third-order valence-electron chi connectivity index (χ3n) is 3.63. The Hall–Kier alpha value is -0.900. The zero-order chi connectivity index (χ0) is 10.3. The number of aromatic nitrogens is 3. The summed E-state index contributed by atoms with van der Waals surface area (Å²) in [6.07, 6.45) is 8.24. The zero-order valence-electron chi connectivity index (χ0n) is 9.24. The van der Waals surface area contributed by atoms with Crippen LogP contribution in [0.15, 0.2) is 6.33 Å². The van der Waals surface area contributed by atoms with Gasteiger partial charge in [0, 0.05) is 6.04 Å². The number of rotatable bonds is 2. The van der Waals surface area contributed by atoms with Gasteiger partial charge in [-0.25, -0.2) is 0 Å². The van der Waals surface area contributed by atoms with Crippen molar-refractivity contribution in [3.8, 4) is 0 Å². The molecule has 2 heterocycles. The molecule has 0 radical (unpaired) electrons. The van der Waals surface area contributed by atoms with Crippen LogP contribution >= 0.6 is 0 Å². The molecule has 3 rings (SSSR count). The molecule has 1 aliphatic carbocycles. The molecule has 1 unspecified atom stereocenters. The molecule has 15 heavy (non-hydrogen) atoms. The van der Waals surface area contributed by atoms with Crippen molar-refractivity contribution in [1.29, 1.82) is 0 Å². The van der Waals surface area contributed by atoms with Crippen LogP contribution in [-0.4, -0.2) is 21.3 Å². The molecular weight excluding hydrogens is 188 g/mol. The molecule has 0 amide bonds. The molecule has 2 aliphatic rings. The first-order valence-electron chi connectivity index (χ1n) is 5.95. The van der Waals surface area contributed by atoms with E-state index in [1.807, 2.05) is 6.33 Å². The maximum Gasteiger partial charge on any atom is 0.153 e. The fourth-order valence-corrected chi connectivity index (χ4v) is 2.50. The highest BCUT2D eigenvalue weighted by Gasteiger charge is 2.36. The molecule has 1 saturated heterocycles. The van der Waals surface area contributed by atoms with E-state index >= 15 is 0 Å². The summed E-state index contributed by atoms with van der Waals surface area (Å²) in [6, 6.07) is 0.676. The molecule has 0 bridgehead atoms. The number of piperidine rings is 1. The topological polar surface area (TPSA) is 42.7 Å². The van der Waals surface area contributed by atoms with Gasteiger partial charge in [0.1, 0.15) is 6.33 Å². The van der Waals surface area contributed by atoms with Gasteiger partial charge in [-0.15, -0.1) is 10.2 Å². The minimum atomic E-state index is 0.0529. The third kappa shape index (κ3) is 1.57. The lowest BCUT2D eigenvalue weighted by Crippen LogP contribution is -2.45. The Morgan fingerprint density at radius 1 is 1.47 bits per heavy atom. The molecule has 1 saturated carbocycles. The van der Waals surface area contributed by atoms with E-state index < -0.39 is 0 Å². The summed E-state index contributed by atoms with van der Waals surface area (Å²) in [5.41, 5.74) is 0.0529. The van der Waals surface area contributed by atoms with Crippen LogP contribution in [-0.2, 0) is 5.54 Å². The fourth-order valence-electron chi connectivity index (χ4n) is 2.50. The predicted molar refractivity (Wildman–Crippen MR) is 57.5 cm³/mol. The predicted octanol–water partition coefficient (Wildman–Crippen LogP) is 1.60. The van der Waals surface area contributed by atoms with Gasteiger partial charge in [-0.05, 0) is 45.6 Å². The lowest BCUT2D eigenvalue weighted by atomic mass is 9.90. The van der Waals surface area contributed by atoms with E-state index in [9.17, 15) is 0 Å². The lowest BCUT2D eigenvalue weighted by molar-refractivity contribution is 0.259. The molecule has 4 heteroatoms. The Bertz CT molecular complexity index is 347. The molecular formula is C11H18N4. The van der Waals surface area contributed by atoms with Crippen molar-refractivity contribution < 1.29 is 0 Å². The van der Waals surface area contributed by atoms with Crippen LogP contribution in [0.1, 0.15) is 50.9 Å². The molecule has 4 nitrogen and oxygen atoms in total. The van der Waals surface area contributed by atoms with Crippen LogP contribution in [0.3, 0.4) is 0 Å². The summed E-state index contributed by atoms with van der Waals surface area (Å²) in [7, 11) is 0. The third-order valence-corrected chi connectivity index (χ3v) is 3.63. The summed E-state index contributed by atoms with van der Waals surface area (Å²) < 4.78 is 2.28. The van der Waals surface area contributed by atoms with Crippen LogP contribution in [0.25, 0.3) is 0 Å². The quantitative estimate of drug-likeness (QED) is 0.799. The average Bonchev–Trinajstić information content (AvgIpc) is 2.97. The second-order valence-corrected chi connectivity index (χ2v) is 5.01. The largest absolute Gasteiger partial charge is 0.313 e. The van der Waals surface area contributed by atoms with Gasteiger partial charge >= 0.3 is 0 Å². The maximum atomic E-state index is 4.32. The summed E-state index contributed by atoms with van der Waals surface area (Å²) in [5.74, 6) is 1.14. The van der Waals surface area contributed by atoms with Gasteiger partial charge in [0.05, 0.1) is 5.54 Å². The fraction of sp³-hybridized carbons (Fsp3) is 0.818. The highest BCUT2D eigenvalue weighted by Crippen LogP contribution is 2.38. The Balaban J connectivity index is 1.92. The van der Waals surface area contributed by atoms with Gasteiger partial charge in [-0.2, -0.15) is 0 Å². The first-order chi connectivity index (χ1) is 7.30. The second-order valence-electron chi connectivity index (χ2n) is 5.01. The zero-order valence-corrected chi connectivity index (χ0v) is 9.24. The van der Waals surface area contributed by atoms with Crippen molar-refractivity contribution in [3.05, 3.63) is 12.2 Å². The standard InChI is InChI=1S/C11H18N4/c1-11(6-2-3-7-12-11)10-14-13-8-15(10)9-4-5-9/h8-9,12H,2-7H2,1H3. The van der Waals surface area contributed by atoms with Crippen LogP contribution in [0.5, 0.6) is 0 Å². The highest BCUT2D eigenvalue weighted by molar-refractivity contribution is 5.08. The van der Waals surface area contributed by atoms with Crippen LogP contribution in [0.2, 0.25) is 0 Å². The van der Waals surface area contributed by atoms with Gasteiger partial charge in [-0.1, -0.05) is 0 Å². The van der Waals surface area contributed by atoms with Crippen molar-refractivity contribution in [1.82, 2.24) is 20.1 Å². The second kappa shape index (κ2) is 3.30. The Labute approximate surface area is 90.1 Å². The molecule has 0 aromatic carbocycles. The van der Waals surface area contributed by atoms with E-state index in [1.165, 1.54) is 32.1 Å². The molecule has 1 aromatic rings. The maximum absolute atomic E-state index is 4.32. The minimum Gasteiger partial charge on any atom is -0.313 e. The monoisotopic (exact) mass is 206 g/mol. The van der Waals surface area contributed by atoms with Gasteiger partial charge in [0.2, 0.25) is 0 Å². The van der Waals surface area contributed by atoms with Crippen LogP contribution in [0.4, 0.5) is 0 Å². The van der Waals surface area contributed by atoms with Crippen molar-refractivity contribution in [2.45, 2.75) is 50.6 Å². The van der Waals surface area contributed by atoms with Gasteiger partial charge in [-0.3, -0.25) is 0 Å². The van der Waals surface area contributed by atoms with E-state index in [2.05, 4.69) is 27.0 Å². The average molecular weight is 206 g/mol. The van der Waals surface area contributed by atoms with E-state index in [0.29, 0.717) is 6.04 Å². The van der Waals surface area contributed by atoms with E-state index in [4.69, 9.17) is 0 Å². The van der Waals surface area contributed by atoms with Gasteiger partial charge < -0.3 is 9.88 Å². The number of hydrogen-bond donors (Lipinski definition) is 1. The van der Waals surface area contributed by atoms with Crippen molar-refractivity contribution in [3.63, 3.8) is 0 Å². The molecule has 0 spiro atoms. The number of hydrogen-bond acceptors (Lipinski definition) is 3. The van der Waals surface area contributed by atoms with Crippen LogP contribution in [0, 0.1) is 0 Å². The summed E-state index contributed by atoms with van der Waals surface area (Å²) in [5, 5.41) is 12.0. The molecule has 1 atom stereocenters. The van der Waals surface area contributed by atoms with Gasteiger partial charge in [0.25, 0.3) is 0 Å². The smallest absolute Gasteiger partial charge is 0.153 e.